The molecule has 0 unspecified atom stereocenters. The van der Waals surface area contributed by atoms with Gasteiger partial charge in [-0.25, -0.2) is 9.37 Å². The largest absolute Gasteiger partial charge is 0.477 e. The fraction of sp³-hybridized carbons (Fsp3) is 0.130. The molecule has 3 heterocycles. The van der Waals surface area contributed by atoms with Gasteiger partial charge in [-0.15, -0.1) is 11.3 Å². The lowest BCUT2D eigenvalue weighted by Gasteiger charge is -2.33. The number of fused-ring (bicyclic) bond motifs is 2. The van der Waals surface area contributed by atoms with Crippen molar-refractivity contribution in [2.24, 2.45) is 5.73 Å². The van der Waals surface area contributed by atoms with Gasteiger partial charge in [0.25, 0.3) is 11.5 Å². The Morgan fingerprint density at radius 2 is 1.94 bits per heavy atom. The molecule has 1 aliphatic rings. The van der Waals surface area contributed by atoms with Crippen LogP contribution in [0.4, 0.5) is 10.1 Å². The summed E-state index contributed by atoms with van der Waals surface area (Å²) in [6.07, 6.45) is 0.328. The Morgan fingerprint density at radius 1 is 1.18 bits per heavy atom. The normalized spacial score (nSPS) is 15.2. The maximum atomic E-state index is 13.3. The van der Waals surface area contributed by atoms with Crippen molar-refractivity contribution in [2.75, 3.05) is 11.4 Å². The topological polar surface area (TPSA) is 108 Å². The Hall–Kier alpha value is -4.05. The molecule has 1 aliphatic heterocycles. The van der Waals surface area contributed by atoms with E-state index in [-0.39, 0.29) is 24.5 Å². The van der Waals surface area contributed by atoms with Gasteiger partial charge >= 0.3 is 0 Å². The number of rotatable bonds is 4. The highest BCUT2D eigenvalue weighted by Gasteiger charge is 2.32. The van der Waals surface area contributed by atoms with Crippen molar-refractivity contribution >= 4 is 39.1 Å². The molecule has 0 radical (unpaired) electrons. The number of nitrogens with zero attached hydrogens (tertiary/aromatic N) is 3. The molecule has 4 aromatic rings. The zero-order chi connectivity index (χ0) is 23.1. The summed E-state index contributed by atoms with van der Waals surface area (Å²) in [5.41, 5.74) is 6.81. The van der Waals surface area contributed by atoms with Gasteiger partial charge in [-0.3, -0.25) is 19.0 Å². The Morgan fingerprint density at radius 3 is 2.70 bits per heavy atom. The molecule has 10 heteroatoms. The number of benzene rings is 2. The Kier molecular flexibility index (Phi) is 5.14. The number of ether oxygens (including phenoxy) is 1. The molecule has 33 heavy (non-hydrogen) atoms. The highest BCUT2D eigenvalue weighted by molar-refractivity contribution is 7.17. The van der Waals surface area contributed by atoms with Crippen LogP contribution in [0.3, 0.4) is 0 Å². The number of hydrogen-bond acceptors (Lipinski definition) is 6. The van der Waals surface area contributed by atoms with Gasteiger partial charge in [0.05, 0.1) is 23.9 Å². The molecule has 0 saturated carbocycles. The molecule has 2 N–H and O–H groups in total. The van der Waals surface area contributed by atoms with Crippen LogP contribution in [0.2, 0.25) is 0 Å². The van der Waals surface area contributed by atoms with Crippen LogP contribution in [0.1, 0.15) is 0 Å². The fourth-order valence-electron chi connectivity index (χ4n) is 3.77. The van der Waals surface area contributed by atoms with Gasteiger partial charge in [-0.2, -0.15) is 0 Å². The first-order valence-electron chi connectivity index (χ1n) is 10.0. The van der Waals surface area contributed by atoms with E-state index < -0.39 is 17.9 Å². The highest BCUT2D eigenvalue weighted by atomic mass is 32.1. The van der Waals surface area contributed by atoms with Crippen LogP contribution in [0.5, 0.6) is 5.75 Å². The number of aromatic nitrogens is 2. The van der Waals surface area contributed by atoms with E-state index in [1.165, 1.54) is 39.3 Å². The second kappa shape index (κ2) is 8.14. The highest BCUT2D eigenvalue weighted by Crippen LogP contribution is 2.33. The minimum absolute atomic E-state index is 0.0606. The number of halogens is 1. The van der Waals surface area contributed by atoms with Crippen molar-refractivity contribution in [3.05, 3.63) is 76.4 Å². The van der Waals surface area contributed by atoms with E-state index in [1.54, 1.807) is 41.8 Å². The van der Waals surface area contributed by atoms with Gasteiger partial charge in [0, 0.05) is 10.9 Å². The molecule has 2 aromatic carbocycles. The summed E-state index contributed by atoms with van der Waals surface area (Å²) in [5.74, 6) is -1.12. The number of thiophene rings is 1. The second-order valence-corrected chi connectivity index (χ2v) is 8.35. The smallest absolute Gasteiger partial charge is 0.263 e. The molecule has 2 amide bonds. The van der Waals surface area contributed by atoms with E-state index in [1.807, 2.05) is 0 Å². The Labute approximate surface area is 190 Å². The number of carbonyl (C=O) groups excluding carboxylic acids is 2. The summed E-state index contributed by atoms with van der Waals surface area (Å²) in [6.45, 7) is -0.352. The Balaban J connectivity index is 1.51. The molecule has 0 spiro atoms. The molecule has 2 aromatic heterocycles. The van der Waals surface area contributed by atoms with Crippen LogP contribution in [0, 0.1) is 5.82 Å². The van der Waals surface area contributed by atoms with E-state index >= 15 is 0 Å². The fourth-order valence-corrected chi connectivity index (χ4v) is 4.68. The van der Waals surface area contributed by atoms with Gasteiger partial charge in [-0.1, -0.05) is 24.3 Å². The van der Waals surface area contributed by atoms with Crippen molar-refractivity contribution in [1.29, 1.82) is 0 Å². The van der Waals surface area contributed by atoms with Gasteiger partial charge in [0.15, 0.2) is 6.10 Å². The van der Waals surface area contributed by atoms with Crippen molar-refractivity contribution in [3.8, 4) is 16.9 Å². The lowest BCUT2D eigenvalue weighted by molar-refractivity contribution is -0.125. The summed E-state index contributed by atoms with van der Waals surface area (Å²) in [7, 11) is 0. The summed E-state index contributed by atoms with van der Waals surface area (Å²) in [6, 6.07) is 12.6. The van der Waals surface area contributed by atoms with Gasteiger partial charge in [0.1, 0.15) is 22.9 Å². The molecule has 166 valence electrons. The lowest BCUT2D eigenvalue weighted by atomic mass is 10.1. The first-order valence-corrected chi connectivity index (χ1v) is 10.9. The minimum Gasteiger partial charge on any atom is -0.477 e. The predicted molar refractivity (Wildman–Crippen MR) is 122 cm³/mol. The van der Waals surface area contributed by atoms with E-state index in [2.05, 4.69) is 4.98 Å². The number of anilines is 1. The first-order chi connectivity index (χ1) is 15.9. The monoisotopic (exact) mass is 464 g/mol. The molecule has 0 aliphatic carbocycles. The van der Waals surface area contributed by atoms with E-state index in [0.29, 0.717) is 32.8 Å². The van der Waals surface area contributed by atoms with Gasteiger partial charge in [0.2, 0.25) is 5.91 Å². The average Bonchev–Trinajstić information content (AvgIpc) is 3.25. The molecule has 0 bridgehead atoms. The molecular formula is C23H17FN4O4S. The van der Waals surface area contributed by atoms with Gasteiger partial charge in [-0.05, 0) is 29.8 Å². The predicted octanol–water partition coefficient (Wildman–Crippen LogP) is 2.54. The van der Waals surface area contributed by atoms with Crippen LogP contribution in [0.15, 0.2) is 65.0 Å². The van der Waals surface area contributed by atoms with Crippen LogP contribution >= 0.6 is 11.3 Å². The van der Waals surface area contributed by atoms with Gasteiger partial charge < -0.3 is 15.4 Å². The zero-order valence-corrected chi connectivity index (χ0v) is 17.9. The third-order valence-corrected chi connectivity index (χ3v) is 6.30. The molecule has 0 fully saturated rings. The van der Waals surface area contributed by atoms with Crippen molar-refractivity contribution in [2.45, 2.75) is 12.6 Å². The number of nitrogens with two attached hydrogens (primary N) is 1. The molecule has 8 nitrogen and oxygen atoms in total. The summed E-state index contributed by atoms with van der Waals surface area (Å²) in [4.78, 5) is 44.4. The number of primary amides is 1. The molecule has 0 saturated heterocycles. The van der Waals surface area contributed by atoms with Crippen molar-refractivity contribution in [1.82, 2.24) is 9.55 Å². The molecular weight excluding hydrogens is 447 g/mol. The van der Waals surface area contributed by atoms with Crippen molar-refractivity contribution in [3.63, 3.8) is 0 Å². The third-order valence-electron chi connectivity index (χ3n) is 5.41. The minimum atomic E-state index is -0.997. The average molecular weight is 464 g/mol. The van der Waals surface area contributed by atoms with Crippen LogP contribution < -0.4 is 20.9 Å². The van der Waals surface area contributed by atoms with Crippen LogP contribution in [0.25, 0.3) is 21.3 Å². The van der Waals surface area contributed by atoms with Crippen LogP contribution in [-0.2, 0) is 16.1 Å². The third kappa shape index (κ3) is 3.74. The maximum Gasteiger partial charge on any atom is 0.263 e. The maximum absolute atomic E-state index is 13.3. The zero-order valence-electron chi connectivity index (χ0n) is 17.1. The van der Waals surface area contributed by atoms with Crippen molar-refractivity contribution < 1.29 is 18.7 Å². The summed E-state index contributed by atoms with van der Waals surface area (Å²) < 4.78 is 20.2. The summed E-state index contributed by atoms with van der Waals surface area (Å²) >= 11 is 1.30. The number of hydrogen-bond donors (Lipinski definition) is 1. The van der Waals surface area contributed by atoms with E-state index in [0.717, 1.165) is 0 Å². The lowest BCUT2D eigenvalue weighted by Crippen LogP contribution is -2.50. The molecule has 5 rings (SSSR count). The first kappa shape index (κ1) is 20.8. The van der Waals surface area contributed by atoms with E-state index in [4.69, 9.17) is 10.5 Å². The standard InChI is InChI=1S/C23H17FN4O4S/c24-14-7-5-13(6-8-14)15-11-33-22-20(15)23(31)27(12-26-22)10-19(29)28-9-18(21(25)30)32-17-4-2-1-3-16(17)28/h1-8,11-12,18H,9-10H2,(H2,25,30)/t18-/m0/s1. The Bertz CT molecular complexity index is 1450. The molecule has 1 atom stereocenters. The number of para-hydroxylation sites is 2. The summed E-state index contributed by atoms with van der Waals surface area (Å²) in [5, 5.41) is 2.15. The van der Waals surface area contributed by atoms with Crippen LogP contribution in [-0.4, -0.2) is 34.0 Å². The van der Waals surface area contributed by atoms with E-state index in [9.17, 15) is 18.8 Å². The number of carbonyl (C=O) groups is 2. The SMILES string of the molecule is NC(=O)[C@@H]1CN(C(=O)Cn2cnc3scc(-c4ccc(F)cc4)c3c2=O)c2ccccc2O1. The quantitative estimate of drug-likeness (QED) is 0.500. The second-order valence-electron chi connectivity index (χ2n) is 7.49. The number of amides is 2.